The highest BCUT2D eigenvalue weighted by molar-refractivity contribution is 8.27. The monoisotopic (exact) mass is 248 g/mol. The summed E-state index contributed by atoms with van der Waals surface area (Å²) in [5.41, 5.74) is 0.983. The van der Waals surface area contributed by atoms with Crippen LogP contribution in [-0.4, -0.2) is 35.6 Å². The molecular formula is C12H12N2O2S. The predicted octanol–water partition coefficient (Wildman–Crippen LogP) is 1.02. The van der Waals surface area contributed by atoms with Crippen molar-refractivity contribution < 1.29 is 9.53 Å². The zero-order valence-corrected chi connectivity index (χ0v) is 9.94. The van der Waals surface area contributed by atoms with Crippen LogP contribution in [-0.2, 0) is 9.53 Å². The van der Waals surface area contributed by atoms with E-state index in [-0.39, 0.29) is 11.3 Å². The molecule has 2 unspecified atom stereocenters. The molecule has 1 aromatic carbocycles. The summed E-state index contributed by atoms with van der Waals surface area (Å²) in [6.45, 7) is 1.31. The molecule has 1 N–H and O–H groups in total. The van der Waals surface area contributed by atoms with Gasteiger partial charge in [0.05, 0.1) is 6.61 Å². The molecule has 1 saturated heterocycles. The number of rotatable bonds is 1. The van der Waals surface area contributed by atoms with Gasteiger partial charge in [-0.15, -0.1) is 0 Å². The first-order valence-corrected chi connectivity index (χ1v) is 6.36. The minimum absolute atomic E-state index is 0.0380. The van der Waals surface area contributed by atoms with Crippen molar-refractivity contribution in [3.8, 4) is 0 Å². The number of morpholine rings is 1. The maximum atomic E-state index is 11.9. The van der Waals surface area contributed by atoms with Crippen LogP contribution in [0.1, 0.15) is 5.56 Å². The van der Waals surface area contributed by atoms with Gasteiger partial charge in [0, 0.05) is 12.1 Å². The molecule has 88 valence electrons. The SMILES string of the molecule is O=C1SC(c2ccccc2)=NC2NCCOC12. The van der Waals surface area contributed by atoms with E-state index in [1.54, 1.807) is 0 Å². The van der Waals surface area contributed by atoms with Gasteiger partial charge in [-0.2, -0.15) is 0 Å². The third kappa shape index (κ3) is 2.13. The van der Waals surface area contributed by atoms with Gasteiger partial charge in [-0.25, -0.2) is 0 Å². The minimum atomic E-state index is -0.429. The predicted molar refractivity (Wildman–Crippen MR) is 67.1 cm³/mol. The smallest absolute Gasteiger partial charge is 0.227 e. The fourth-order valence-electron chi connectivity index (χ4n) is 1.92. The highest BCUT2D eigenvalue weighted by Gasteiger charge is 2.37. The Bertz CT molecular complexity index is 461. The molecule has 1 fully saturated rings. The molecule has 0 spiro atoms. The van der Waals surface area contributed by atoms with E-state index in [9.17, 15) is 4.79 Å². The van der Waals surface area contributed by atoms with Crippen molar-refractivity contribution in [1.82, 2.24) is 5.32 Å². The first-order valence-electron chi connectivity index (χ1n) is 5.54. The lowest BCUT2D eigenvalue weighted by atomic mass is 10.2. The van der Waals surface area contributed by atoms with Crippen molar-refractivity contribution in [3.63, 3.8) is 0 Å². The Labute approximate surface area is 103 Å². The van der Waals surface area contributed by atoms with Crippen molar-refractivity contribution in [1.29, 1.82) is 0 Å². The van der Waals surface area contributed by atoms with Gasteiger partial charge in [0.15, 0.2) is 6.10 Å². The van der Waals surface area contributed by atoms with Crippen LogP contribution in [0.15, 0.2) is 35.3 Å². The van der Waals surface area contributed by atoms with E-state index in [4.69, 9.17) is 4.74 Å². The number of fused-ring (bicyclic) bond motifs is 1. The van der Waals surface area contributed by atoms with E-state index in [2.05, 4.69) is 10.3 Å². The van der Waals surface area contributed by atoms with Crippen molar-refractivity contribution in [2.75, 3.05) is 13.2 Å². The molecule has 2 aliphatic rings. The molecule has 2 aliphatic heterocycles. The lowest BCUT2D eigenvalue weighted by molar-refractivity contribution is -0.125. The second-order valence-electron chi connectivity index (χ2n) is 3.91. The summed E-state index contributed by atoms with van der Waals surface area (Å²) in [5.74, 6) is 0. The third-order valence-corrected chi connectivity index (χ3v) is 3.71. The Balaban J connectivity index is 1.92. The minimum Gasteiger partial charge on any atom is -0.364 e. The number of nitrogens with zero attached hydrogens (tertiary/aromatic N) is 1. The molecule has 0 amide bonds. The quantitative estimate of drug-likeness (QED) is 0.806. The zero-order chi connectivity index (χ0) is 11.7. The van der Waals surface area contributed by atoms with Crippen LogP contribution in [0.4, 0.5) is 0 Å². The molecule has 5 heteroatoms. The van der Waals surface area contributed by atoms with E-state index >= 15 is 0 Å². The molecule has 3 rings (SSSR count). The molecule has 17 heavy (non-hydrogen) atoms. The van der Waals surface area contributed by atoms with Gasteiger partial charge in [0.1, 0.15) is 11.2 Å². The third-order valence-electron chi connectivity index (χ3n) is 2.75. The number of hydrogen-bond acceptors (Lipinski definition) is 5. The maximum Gasteiger partial charge on any atom is 0.227 e. The highest BCUT2D eigenvalue weighted by Crippen LogP contribution is 2.26. The number of aliphatic imine (C=N–C) groups is 1. The Morgan fingerprint density at radius 3 is 3.00 bits per heavy atom. The van der Waals surface area contributed by atoms with Crippen LogP contribution < -0.4 is 5.32 Å². The molecule has 1 aromatic rings. The van der Waals surface area contributed by atoms with Gasteiger partial charge in [-0.05, 0) is 11.8 Å². The number of carbonyl (C=O) groups is 1. The number of ether oxygens (including phenoxy) is 1. The van der Waals surface area contributed by atoms with E-state index < -0.39 is 6.10 Å². The van der Waals surface area contributed by atoms with Crippen LogP contribution in [0, 0.1) is 0 Å². The van der Waals surface area contributed by atoms with Gasteiger partial charge in [-0.1, -0.05) is 30.3 Å². The maximum absolute atomic E-state index is 11.9. The van der Waals surface area contributed by atoms with Gasteiger partial charge in [-0.3, -0.25) is 15.1 Å². The number of carbonyl (C=O) groups excluding carboxylic acids is 1. The van der Waals surface area contributed by atoms with E-state index in [1.807, 2.05) is 30.3 Å². The fraction of sp³-hybridized carbons (Fsp3) is 0.333. The highest BCUT2D eigenvalue weighted by atomic mass is 32.2. The molecule has 2 heterocycles. The largest absolute Gasteiger partial charge is 0.364 e. The van der Waals surface area contributed by atoms with Crippen LogP contribution in [0.5, 0.6) is 0 Å². The van der Waals surface area contributed by atoms with Crippen molar-refractivity contribution >= 4 is 21.9 Å². The summed E-state index contributed by atoms with van der Waals surface area (Å²) < 4.78 is 5.44. The molecule has 0 aromatic heterocycles. The topological polar surface area (TPSA) is 50.7 Å². The number of thioether (sulfide) groups is 1. The standard InChI is InChI=1S/C12H12N2O2S/c15-12-9-10(13-6-7-16-9)14-11(17-12)8-4-2-1-3-5-8/h1-5,9-10,13H,6-7H2. The first kappa shape index (κ1) is 11.0. The average molecular weight is 248 g/mol. The number of benzene rings is 1. The normalized spacial score (nSPS) is 28.5. The van der Waals surface area contributed by atoms with E-state index in [0.29, 0.717) is 6.61 Å². The second kappa shape index (κ2) is 4.60. The van der Waals surface area contributed by atoms with Gasteiger partial charge < -0.3 is 4.74 Å². The summed E-state index contributed by atoms with van der Waals surface area (Å²) in [7, 11) is 0. The first-order chi connectivity index (χ1) is 8.34. The summed E-state index contributed by atoms with van der Waals surface area (Å²) in [6.07, 6.45) is -0.658. The lowest BCUT2D eigenvalue weighted by Crippen LogP contribution is -2.52. The van der Waals surface area contributed by atoms with Gasteiger partial charge in [0.2, 0.25) is 5.12 Å². The zero-order valence-electron chi connectivity index (χ0n) is 9.13. The van der Waals surface area contributed by atoms with Crippen LogP contribution >= 0.6 is 11.8 Å². The summed E-state index contributed by atoms with van der Waals surface area (Å²) in [6, 6.07) is 9.76. The van der Waals surface area contributed by atoms with Gasteiger partial charge in [0.25, 0.3) is 0 Å². The Hall–Kier alpha value is -1.17. The summed E-state index contributed by atoms with van der Waals surface area (Å²) in [5, 5.41) is 4.02. The van der Waals surface area contributed by atoms with Crippen LogP contribution in [0.3, 0.4) is 0 Å². The Morgan fingerprint density at radius 1 is 1.35 bits per heavy atom. The van der Waals surface area contributed by atoms with Crippen molar-refractivity contribution in [2.45, 2.75) is 12.3 Å². The van der Waals surface area contributed by atoms with Crippen LogP contribution in [0.25, 0.3) is 0 Å². The average Bonchev–Trinajstić information content (AvgIpc) is 2.40. The molecule has 4 nitrogen and oxygen atoms in total. The lowest BCUT2D eigenvalue weighted by Gasteiger charge is -2.32. The Morgan fingerprint density at radius 2 is 2.18 bits per heavy atom. The van der Waals surface area contributed by atoms with Crippen molar-refractivity contribution in [2.24, 2.45) is 4.99 Å². The van der Waals surface area contributed by atoms with E-state index in [0.717, 1.165) is 17.2 Å². The number of nitrogens with one attached hydrogen (secondary N) is 1. The Kier molecular flexibility index (Phi) is 2.96. The van der Waals surface area contributed by atoms with Crippen LogP contribution in [0.2, 0.25) is 0 Å². The molecular weight excluding hydrogens is 236 g/mol. The summed E-state index contributed by atoms with van der Waals surface area (Å²) >= 11 is 1.17. The fourth-order valence-corrected chi connectivity index (χ4v) is 2.85. The van der Waals surface area contributed by atoms with Crippen molar-refractivity contribution in [3.05, 3.63) is 35.9 Å². The second-order valence-corrected chi connectivity index (χ2v) is 4.90. The van der Waals surface area contributed by atoms with E-state index in [1.165, 1.54) is 11.8 Å². The van der Waals surface area contributed by atoms with Gasteiger partial charge >= 0.3 is 0 Å². The molecule has 0 bridgehead atoms. The number of hydrogen-bond donors (Lipinski definition) is 1. The molecule has 2 atom stereocenters. The molecule has 0 saturated carbocycles. The summed E-state index contributed by atoms with van der Waals surface area (Å²) in [4.78, 5) is 16.5. The molecule has 0 radical (unpaired) electrons. The molecule has 0 aliphatic carbocycles.